The van der Waals surface area contributed by atoms with Crippen molar-refractivity contribution in [1.29, 1.82) is 0 Å². The van der Waals surface area contributed by atoms with Crippen LogP contribution in [0.4, 0.5) is 10.3 Å². The summed E-state index contributed by atoms with van der Waals surface area (Å²) in [5.74, 6) is -1.18. The van der Waals surface area contributed by atoms with Gasteiger partial charge < -0.3 is 15.7 Å². The number of rotatable bonds is 4. The van der Waals surface area contributed by atoms with E-state index in [0.29, 0.717) is 30.1 Å². The van der Waals surface area contributed by atoms with Gasteiger partial charge in [0.25, 0.3) is 5.56 Å². The summed E-state index contributed by atoms with van der Waals surface area (Å²) in [6.45, 7) is 1.25. The molecule has 150 valence electrons. The molecule has 0 amide bonds. The summed E-state index contributed by atoms with van der Waals surface area (Å²) in [6, 6.07) is 10.4. The maximum absolute atomic E-state index is 13.8. The second-order valence-electron chi connectivity index (χ2n) is 7.28. The van der Waals surface area contributed by atoms with Crippen LogP contribution in [0.3, 0.4) is 0 Å². The van der Waals surface area contributed by atoms with Gasteiger partial charge in [-0.15, -0.1) is 0 Å². The number of aromatic carboxylic acids is 1. The Morgan fingerprint density at radius 1 is 1.28 bits per heavy atom. The van der Waals surface area contributed by atoms with E-state index in [-0.39, 0.29) is 23.5 Å². The molecule has 0 spiro atoms. The van der Waals surface area contributed by atoms with E-state index in [2.05, 4.69) is 4.98 Å². The van der Waals surface area contributed by atoms with E-state index in [9.17, 15) is 19.1 Å². The Labute approximate surface area is 166 Å². The van der Waals surface area contributed by atoms with Gasteiger partial charge in [-0.1, -0.05) is 18.2 Å². The van der Waals surface area contributed by atoms with Crippen LogP contribution in [-0.2, 0) is 6.54 Å². The van der Waals surface area contributed by atoms with Crippen LogP contribution in [0, 0.1) is 5.82 Å². The lowest BCUT2D eigenvalue weighted by atomic mass is 10.1. The Kier molecular flexibility index (Phi) is 5.02. The molecule has 29 heavy (non-hydrogen) atoms. The van der Waals surface area contributed by atoms with E-state index < -0.39 is 17.3 Å². The Bertz CT molecular complexity index is 1140. The van der Waals surface area contributed by atoms with Crippen molar-refractivity contribution in [2.75, 3.05) is 18.0 Å². The first-order valence-corrected chi connectivity index (χ1v) is 9.46. The lowest BCUT2D eigenvalue weighted by molar-refractivity contribution is 0.0695. The highest BCUT2D eigenvalue weighted by atomic mass is 19.1. The lowest BCUT2D eigenvalue weighted by Crippen LogP contribution is -2.45. The van der Waals surface area contributed by atoms with E-state index in [4.69, 9.17) is 5.73 Å². The van der Waals surface area contributed by atoms with Crippen LogP contribution in [0.15, 0.2) is 47.3 Å². The van der Waals surface area contributed by atoms with E-state index in [1.54, 1.807) is 18.2 Å². The van der Waals surface area contributed by atoms with Crippen LogP contribution < -0.4 is 16.2 Å². The molecule has 3 aromatic rings. The molecule has 1 saturated heterocycles. The molecular weight excluding hydrogens is 375 g/mol. The minimum absolute atomic E-state index is 0.0157. The number of piperidine rings is 1. The van der Waals surface area contributed by atoms with Gasteiger partial charge in [0.1, 0.15) is 5.82 Å². The van der Waals surface area contributed by atoms with Crippen LogP contribution in [0.2, 0.25) is 0 Å². The summed E-state index contributed by atoms with van der Waals surface area (Å²) in [7, 11) is 0. The summed E-state index contributed by atoms with van der Waals surface area (Å²) in [4.78, 5) is 31.4. The zero-order chi connectivity index (χ0) is 20.5. The van der Waals surface area contributed by atoms with Crippen LogP contribution in [0.25, 0.3) is 10.9 Å². The predicted molar refractivity (Wildman–Crippen MR) is 108 cm³/mol. The highest BCUT2D eigenvalue weighted by molar-refractivity contribution is 5.89. The molecular formula is C21H21FN4O3. The number of nitrogens with two attached hydrogens (primary N) is 1. The molecule has 0 bridgehead atoms. The molecule has 1 aliphatic rings. The number of aromatic nitrogens is 2. The highest BCUT2D eigenvalue weighted by Gasteiger charge is 2.23. The van der Waals surface area contributed by atoms with Crippen molar-refractivity contribution in [1.82, 2.24) is 9.55 Å². The fourth-order valence-corrected chi connectivity index (χ4v) is 3.79. The van der Waals surface area contributed by atoms with Crippen molar-refractivity contribution in [2.24, 2.45) is 5.73 Å². The molecule has 0 radical (unpaired) electrons. The molecule has 1 aliphatic heterocycles. The van der Waals surface area contributed by atoms with Gasteiger partial charge in [-0.05, 0) is 42.7 Å². The standard InChI is InChI=1S/C21H21FN4O3/c22-14-7-8-18-17(10-14)19(27)26(11-13-4-1-2-6-16(13)20(28)29)21(24-18)25-9-3-5-15(23)12-25/h1-2,4,6-8,10,15H,3,5,9,11-12,23H2,(H,28,29). The fraction of sp³-hybridized carbons (Fsp3) is 0.286. The molecule has 7 nitrogen and oxygen atoms in total. The van der Waals surface area contributed by atoms with Crippen molar-refractivity contribution in [3.63, 3.8) is 0 Å². The first-order chi connectivity index (χ1) is 13.9. The fourth-order valence-electron chi connectivity index (χ4n) is 3.79. The normalized spacial score (nSPS) is 16.9. The number of nitrogens with zero attached hydrogens (tertiary/aromatic N) is 3. The van der Waals surface area contributed by atoms with E-state index in [0.717, 1.165) is 18.9 Å². The highest BCUT2D eigenvalue weighted by Crippen LogP contribution is 2.22. The third kappa shape index (κ3) is 3.71. The van der Waals surface area contributed by atoms with Gasteiger partial charge in [-0.3, -0.25) is 9.36 Å². The zero-order valence-electron chi connectivity index (χ0n) is 15.7. The van der Waals surface area contributed by atoms with Crippen LogP contribution >= 0.6 is 0 Å². The Morgan fingerprint density at radius 3 is 2.83 bits per heavy atom. The molecule has 2 heterocycles. The van der Waals surface area contributed by atoms with E-state index in [1.807, 2.05) is 4.90 Å². The monoisotopic (exact) mass is 396 g/mol. The number of benzene rings is 2. The number of fused-ring (bicyclic) bond motifs is 1. The minimum Gasteiger partial charge on any atom is -0.478 e. The van der Waals surface area contributed by atoms with Crippen molar-refractivity contribution in [3.05, 3.63) is 69.8 Å². The second-order valence-corrected chi connectivity index (χ2v) is 7.28. The average Bonchev–Trinajstić information content (AvgIpc) is 2.70. The summed E-state index contributed by atoms with van der Waals surface area (Å²) >= 11 is 0. The van der Waals surface area contributed by atoms with Gasteiger partial charge >= 0.3 is 5.97 Å². The minimum atomic E-state index is -1.07. The van der Waals surface area contributed by atoms with Crippen molar-refractivity contribution in [3.8, 4) is 0 Å². The molecule has 2 aromatic carbocycles. The Balaban J connectivity index is 1.90. The summed E-state index contributed by atoms with van der Waals surface area (Å²) in [5.41, 5.74) is 6.68. The first kappa shape index (κ1) is 19.1. The molecule has 1 unspecified atom stereocenters. The average molecular weight is 396 g/mol. The number of carbonyl (C=O) groups is 1. The third-order valence-corrected chi connectivity index (χ3v) is 5.21. The zero-order valence-corrected chi connectivity index (χ0v) is 15.7. The summed E-state index contributed by atoms with van der Waals surface area (Å²) in [5, 5.41) is 9.65. The number of hydrogen-bond donors (Lipinski definition) is 2. The second kappa shape index (κ2) is 7.63. The van der Waals surface area contributed by atoms with Crippen LogP contribution in [-0.4, -0.2) is 39.8 Å². The number of hydrogen-bond acceptors (Lipinski definition) is 5. The third-order valence-electron chi connectivity index (χ3n) is 5.21. The molecule has 4 rings (SSSR count). The topological polar surface area (TPSA) is 101 Å². The maximum atomic E-state index is 13.8. The molecule has 8 heteroatoms. The van der Waals surface area contributed by atoms with Gasteiger partial charge in [0.2, 0.25) is 5.95 Å². The number of carboxylic acid groups (broad SMARTS) is 1. The Morgan fingerprint density at radius 2 is 2.07 bits per heavy atom. The molecule has 1 aromatic heterocycles. The van der Waals surface area contributed by atoms with Gasteiger partial charge in [0.05, 0.1) is 23.0 Å². The first-order valence-electron chi connectivity index (χ1n) is 9.46. The predicted octanol–water partition coefficient (Wildman–Crippen LogP) is 2.21. The van der Waals surface area contributed by atoms with Gasteiger partial charge in [-0.25, -0.2) is 14.2 Å². The van der Waals surface area contributed by atoms with Crippen LogP contribution in [0.5, 0.6) is 0 Å². The number of anilines is 1. The van der Waals surface area contributed by atoms with Crippen molar-refractivity contribution in [2.45, 2.75) is 25.4 Å². The van der Waals surface area contributed by atoms with Crippen LogP contribution in [0.1, 0.15) is 28.8 Å². The summed E-state index contributed by atoms with van der Waals surface area (Å²) in [6.07, 6.45) is 1.76. The van der Waals surface area contributed by atoms with E-state index >= 15 is 0 Å². The quantitative estimate of drug-likeness (QED) is 0.701. The van der Waals surface area contributed by atoms with Gasteiger partial charge in [-0.2, -0.15) is 0 Å². The number of carboxylic acids is 1. The Hall–Kier alpha value is -3.26. The smallest absolute Gasteiger partial charge is 0.336 e. The molecule has 1 fully saturated rings. The van der Waals surface area contributed by atoms with Gasteiger partial charge in [0.15, 0.2) is 0 Å². The molecule has 0 saturated carbocycles. The molecule has 1 atom stereocenters. The molecule has 0 aliphatic carbocycles. The number of halogens is 1. The van der Waals surface area contributed by atoms with Crippen molar-refractivity contribution < 1.29 is 14.3 Å². The van der Waals surface area contributed by atoms with Gasteiger partial charge in [0, 0.05) is 19.1 Å². The lowest BCUT2D eigenvalue weighted by Gasteiger charge is -2.33. The SMILES string of the molecule is NC1CCCN(c2nc3ccc(F)cc3c(=O)n2Cc2ccccc2C(=O)O)C1. The summed E-state index contributed by atoms with van der Waals surface area (Å²) < 4.78 is 15.2. The largest absolute Gasteiger partial charge is 0.478 e. The maximum Gasteiger partial charge on any atom is 0.336 e. The van der Waals surface area contributed by atoms with Crippen molar-refractivity contribution >= 4 is 22.8 Å². The molecule has 3 N–H and O–H groups in total. The van der Waals surface area contributed by atoms with E-state index in [1.165, 1.54) is 22.8 Å².